The van der Waals surface area contributed by atoms with Gasteiger partial charge in [0.1, 0.15) is 12.6 Å². The number of sulfonamides is 1. The van der Waals surface area contributed by atoms with Gasteiger partial charge in [-0.3, -0.25) is 13.9 Å². The fourth-order valence-corrected chi connectivity index (χ4v) is 5.80. The van der Waals surface area contributed by atoms with Crippen molar-refractivity contribution in [2.24, 2.45) is 0 Å². The molecule has 0 aliphatic carbocycles. The Labute approximate surface area is 243 Å². The van der Waals surface area contributed by atoms with E-state index in [1.54, 1.807) is 19.9 Å². The highest BCUT2D eigenvalue weighted by Gasteiger charge is 2.36. The highest BCUT2D eigenvalue weighted by Crippen LogP contribution is 2.37. The van der Waals surface area contributed by atoms with Gasteiger partial charge in [-0.1, -0.05) is 60.1 Å². The summed E-state index contributed by atoms with van der Waals surface area (Å²) < 4.78 is 68.9. The Morgan fingerprint density at radius 2 is 1.51 bits per heavy atom. The van der Waals surface area contributed by atoms with Crippen molar-refractivity contribution in [1.29, 1.82) is 0 Å². The topological polar surface area (TPSA) is 86.8 Å². The quantitative estimate of drug-likeness (QED) is 0.309. The van der Waals surface area contributed by atoms with Gasteiger partial charge in [-0.25, -0.2) is 8.42 Å². The van der Waals surface area contributed by atoms with E-state index in [0.29, 0.717) is 16.8 Å². The molecule has 1 N–H and O–H groups in total. The monoisotopic (exact) mass is 609 g/mol. The number of benzene rings is 3. The molecule has 41 heavy (non-hydrogen) atoms. The molecule has 12 heteroatoms. The summed E-state index contributed by atoms with van der Waals surface area (Å²) in [6.45, 7) is 4.17. The fraction of sp³-hybridized carbons (Fsp3) is 0.310. The van der Waals surface area contributed by atoms with E-state index in [1.807, 2.05) is 30.3 Å². The van der Waals surface area contributed by atoms with Crippen molar-refractivity contribution in [1.82, 2.24) is 10.2 Å². The number of hydrogen-bond donors (Lipinski definition) is 1. The fourth-order valence-electron chi connectivity index (χ4n) is 4.09. The van der Waals surface area contributed by atoms with Crippen LogP contribution in [0.2, 0.25) is 5.02 Å². The van der Waals surface area contributed by atoms with Gasteiger partial charge in [0.2, 0.25) is 11.8 Å². The predicted octanol–water partition coefficient (Wildman–Crippen LogP) is 5.54. The molecule has 0 spiro atoms. The zero-order valence-electron chi connectivity index (χ0n) is 22.7. The Kier molecular flexibility index (Phi) is 10.4. The van der Waals surface area contributed by atoms with Gasteiger partial charge in [0, 0.05) is 12.6 Å². The van der Waals surface area contributed by atoms with Crippen LogP contribution in [0.25, 0.3) is 0 Å². The molecule has 3 aromatic carbocycles. The first-order valence-electron chi connectivity index (χ1n) is 12.8. The summed E-state index contributed by atoms with van der Waals surface area (Å²) >= 11 is 6.25. The number of amides is 2. The third-order valence-corrected chi connectivity index (χ3v) is 8.33. The summed E-state index contributed by atoms with van der Waals surface area (Å²) in [6, 6.07) is 17.2. The van der Waals surface area contributed by atoms with Crippen molar-refractivity contribution in [2.75, 3.05) is 17.4 Å². The van der Waals surface area contributed by atoms with Crippen LogP contribution < -0.4 is 9.62 Å². The molecule has 7 nitrogen and oxygen atoms in total. The van der Waals surface area contributed by atoms with E-state index < -0.39 is 51.9 Å². The Bertz CT molecular complexity index is 1450. The average molecular weight is 610 g/mol. The number of nitrogens with zero attached hydrogens (tertiary/aromatic N) is 2. The minimum absolute atomic E-state index is 0.0467. The predicted molar refractivity (Wildman–Crippen MR) is 152 cm³/mol. The molecule has 0 fully saturated rings. The molecule has 0 aromatic heterocycles. The maximum absolute atomic E-state index is 13.8. The number of halogens is 4. The maximum atomic E-state index is 13.8. The summed E-state index contributed by atoms with van der Waals surface area (Å²) in [4.78, 5) is 27.7. The van der Waals surface area contributed by atoms with Gasteiger partial charge < -0.3 is 10.2 Å². The summed E-state index contributed by atoms with van der Waals surface area (Å²) in [7, 11) is -4.57. The third-order valence-electron chi connectivity index (χ3n) is 6.23. The minimum atomic E-state index is -4.79. The van der Waals surface area contributed by atoms with Gasteiger partial charge in [-0.2, -0.15) is 13.2 Å². The molecule has 2 amide bonds. The number of carbonyl (C=O) groups excluding carboxylic acids is 2. The summed E-state index contributed by atoms with van der Waals surface area (Å²) in [6.07, 6.45) is -4.45. The second-order valence-corrected chi connectivity index (χ2v) is 11.9. The molecule has 3 aromatic rings. The Balaban J connectivity index is 2.07. The lowest BCUT2D eigenvalue weighted by atomic mass is 10.1. The first kappa shape index (κ1) is 32.0. The largest absolute Gasteiger partial charge is 0.416 e. The van der Waals surface area contributed by atoms with Crippen molar-refractivity contribution in [2.45, 2.75) is 50.3 Å². The zero-order valence-corrected chi connectivity index (χ0v) is 24.3. The normalized spacial score (nSPS) is 12.6. The Hall–Kier alpha value is -3.57. The van der Waals surface area contributed by atoms with Crippen LogP contribution in [0.15, 0.2) is 83.8 Å². The van der Waals surface area contributed by atoms with Gasteiger partial charge in [-0.05, 0) is 63.1 Å². The molecule has 1 atom stereocenters. The highest BCUT2D eigenvalue weighted by molar-refractivity contribution is 7.92. The number of alkyl halides is 3. The van der Waals surface area contributed by atoms with Crippen molar-refractivity contribution in [3.05, 3.63) is 95.0 Å². The van der Waals surface area contributed by atoms with Crippen LogP contribution >= 0.6 is 11.6 Å². The summed E-state index contributed by atoms with van der Waals surface area (Å²) in [5.74, 6) is -1.25. The molecule has 220 valence electrons. The van der Waals surface area contributed by atoms with E-state index >= 15 is 0 Å². The zero-order chi connectivity index (χ0) is 30.4. The van der Waals surface area contributed by atoms with Crippen LogP contribution in [-0.4, -0.2) is 50.3 Å². The summed E-state index contributed by atoms with van der Waals surface area (Å²) in [5, 5.41) is 2.44. The van der Waals surface area contributed by atoms with Crippen molar-refractivity contribution < 1.29 is 31.2 Å². The number of hydrogen-bond acceptors (Lipinski definition) is 4. The van der Waals surface area contributed by atoms with Crippen LogP contribution in [0, 0.1) is 0 Å². The van der Waals surface area contributed by atoms with Gasteiger partial charge in [-0.15, -0.1) is 0 Å². The lowest BCUT2D eigenvalue weighted by molar-refractivity contribution is -0.139. The first-order valence-corrected chi connectivity index (χ1v) is 14.6. The maximum Gasteiger partial charge on any atom is 0.416 e. The number of rotatable bonds is 11. The molecule has 3 rings (SSSR count). The third kappa shape index (κ3) is 8.23. The second-order valence-electron chi connectivity index (χ2n) is 9.65. The van der Waals surface area contributed by atoms with Gasteiger partial charge in [0.05, 0.1) is 21.2 Å². The lowest BCUT2D eigenvalue weighted by Gasteiger charge is -2.32. The van der Waals surface area contributed by atoms with E-state index in [-0.39, 0.29) is 22.5 Å². The number of carbonyl (C=O) groups is 2. The van der Waals surface area contributed by atoms with Crippen molar-refractivity contribution in [3.8, 4) is 0 Å². The molecule has 0 saturated heterocycles. The molecular formula is C29H31ClF3N3O4S. The second kappa shape index (κ2) is 13.4. The Morgan fingerprint density at radius 1 is 0.927 bits per heavy atom. The highest BCUT2D eigenvalue weighted by atomic mass is 35.5. The molecule has 0 heterocycles. The Morgan fingerprint density at radius 3 is 2.07 bits per heavy atom. The number of nitrogens with one attached hydrogen (secondary N) is 1. The molecule has 0 bridgehead atoms. The minimum Gasteiger partial charge on any atom is -0.352 e. The average Bonchev–Trinajstić information content (AvgIpc) is 2.92. The van der Waals surface area contributed by atoms with Crippen molar-refractivity contribution >= 4 is 39.1 Å². The van der Waals surface area contributed by atoms with E-state index in [4.69, 9.17) is 11.6 Å². The molecule has 1 unspecified atom stereocenters. The molecule has 0 saturated carbocycles. The standard InChI is InChI=1S/C29H31ClF3N3O4S/c1-20(2)34-28(38)21(3)35(17-16-22-10-6-4-7-11-22)27(37)19-36(41(39,40)24-12-8-5-9-13-24)26-18-23(29(31,32)33)14-15-25(26)30/h4-15,18,20-21H,16-17,19H2,1-3H3,(H,34,38). The summed E-state index contributed by atoms with van der Waals surface area (Å²) in [5.41, 5.74) is -0.777. The molecule has 0 aliphatic heterocycles. The van der Waals surface area contributed by atoms with E-state index in [0.717, 1.165) is 17.7 Å². The van der Waals surface area contributed by atoms with Gasteiger partial charge in [0.25, 0.3) is 10.0 Å². The van der Waals surface area contributed by atoms with Crippen LogP contribution in [0.3, 0.4) is 0 Å². The van der Waals surface area contributed by atoms with E-state index in [9.17, 15) is 31.2 Å². The van der Waals surface area contributed by atoms with Crippen LogP contribution in [0.5, 0.6) is 0 Å². The van der Waals surface area contributed by atoms with Gasteiger partial charge in [0.15, 0.2) is 0 Å². The van der Waals surface area contributed by atoms with Crippen LogP contribution in [0.1, 0.15) is 31.9 Å². The van der Waals surface area contributed by atoms with Crippen LogP contribution in [0.4, 0.5) is 18.9 Å². The molecule has 0 radical (unpaired) electrons. The van der Waals surface area contributed by atoms with E-state index in [1.165, 1.54) is 36.1 Å². The first-order chi connectivity index (χ1) is 19.2. The molecule has 0 aliphatic rings. The lowest BCUT2D eigenvalue weighted by Crippen LogP contribution is -2.53. The van der Waals surface area contributed by atoms with Crippen molar-refractivity contribution in [3.63, 3.8) is 0 Å². The number of anilines is 1. The smallest absolute Gasteiger partial charge is 0.352 e. The van der Waals surface area contributed by atoms with E-state index in [2.05, 4.69) is 5.32 Å². The molecular weight excluding hydrogens is 579 g/mol. The SMILES string of the molecule is CC(C)NC(=O)C(C)N(CCc1ccccc1)C(=O)CN(c1cc(C(F)(F)F)ccc1Cl)S(=O)(=O)c1ccccc1. The van der Waals surface area contributed by atoms with Crippen LogP contribution in [-0.2, 0) is 32.2 Å². The van der Waals surface area contributed by atoms with Gasteiger partial charge >= 0.3 is 6.18 Å².